The van der Waals surface area contributed by atoms with Crippen LogP contribution in [0.4, 0.5) is 0 Å². The van der Waals surface area contributed by atoms with Gasteiger partial charge in [0, 0.05) is 0 Å². The van der Waals surface area contributed by atoms with Gasteiger partial charge in [-0.1, -0.05) is 182 Å². The van der Waals surface area contributed by atoms with Crippen molar-refractivity contribution >= 4 is 5.78 Å². The Balaban J connectivity index is 1.25. The fourth-order valence-electron chi connectivity index (χ4n) is 6.51. The predicted molar refractivity (Wildman–Crippen MR) is 193 cm³/mol. The van der Waals surface area contributed by atoms with Gasteiger partial charge in [-0.15, -0.1) is 0 Å². The SMILES string of the molecule is O=C(COC(c1ccccc1)(c1ccccc1)c1ccccc1)[C@@H](O)[C@H](O)[C@H](O)COC(c1ccccc1)(c1ccccc1)c1ccccc1. The summed E-state index contributed by atoms with van der Waals surface area (Å²) in [5.41, 5.74) is 2.42. The van der Waals surface area contributed by atoms with Gasteiger partial charge in [0.15, 0.2) is 5.78 Å². The maximum Gasteiger partial charge on any atom is 0.189 e. The van der Waals surface area contributed by atoms with Crippen LogP contribution in [0.3, 0.4) is 0 Å². The first kappa shape index (κ1) is 34.6. The Kier molecular flexibility index (Phi) is 11.1. The zero-order chi connectivity index (χ0) is 34.8. The highest BCUT2D eigenvalue weighted by Crippen LogP contribution is 2.42. The van der Waals surface area contributed by atoms with E-state index in [4.69, 9.17) is 9.47 Å². The summed E-state index contributed by atoms with van der Waals surface area (Å²) in [4.78, 5) is 13.6. The maximum atomic E-state index is 13.6. The van der Waals surface area contributed by atoms with Gasteiger partial charge in [0.2, 0.25) is 0 Å². The third-order valence-corrected chi connectivity index (χ3v) is 9.03. The lowest BCUT2D eigenvalue weighted by molar-refractivity contribution is -0.151. The molecule has 0 bridgehead atoms. The molecule has 0 fully saturated rings. The van der Waals surface area contributed by atoms with Gasteiger partial charge in [-0.05, 0) is 33.4 Å². The van der Waals surface area contributed by atoms with E-state index in [1.54, 1.807) is 0 Å². The molecule has 0 amide bonds. The monoisotopic (exact) mass is 664 g/mol. The van der Waals surface area contributed by atoms with Gasteiger partial charge in [0.05, 0.1) is 6.61 Å². The lowest BCUT2D eigenvalue weighted by atomic mass is 9.80. The molecule has 0 aliphatic carbocycles. The summed E-state index contributed by atoms with van der Waals surface area (Å²) in [6.07, 6.45) is -5.43. The molecular formula is C44H40O6. The van der Waals surface area contributed by atoms with Crippen molar-refractivity contribution in [1.29, 1.82) is 0 Å². The molecule has 6 rings (SSSR count). The Morgan fingerprint density at radius 1 is 0.440 bits per heavy atom. The van der Waals surface area contributed by atoms with Crippen LogP contribution in [0, 0.1) is 0 Å². The van der Waals surface area contributed by atoms with Crippen LogP contribution in [0.2, 0.25) is 0 Å². The number of aliphatic hydroxyl groups excluding tert-OH is 3. The Bertz CT molecular complexity index is 1710. The fraction of sp³-hybridized carbons (Fsp3) is 0.159. The number of hydrogen-bond acceptors (Lipinski definition) is 6. The van der Waals surface area contributed by atoms with E-state index in [2.05, 4.69) is 0 Å². The van der Waals surface area contributed by atoms with E-state index in [-0.39, 0.29) is 0 Å². The van der Waals surface area contributed by atoms with Crippen molar-refractivity contribution in [1.82, 2.24) is 0 Å². The van der Waals surface area contributed by atoms with Crippen LogP contribution in [0.1, 0.15) is 33.4 Å². The zero-order valence-corrected chi connectivity index (χ0v) is 27.5. The molecule has 0 aliphatic heterocycles. The molecule has 0 aliphatic rings. The van der Waals surface area contributed by atoms with Gasteiger partial charge in [0.1, 0.15) is 36.1 Å². The van der Waals surface area contributed by atoms with E-state index in [1.165, 1.54) is 0 Å². The van der Waals surface area contributed by atoms with Crippen LogP contribution in [0.15, 0.2) is 182 Å². The van der Waals surface area contributed by atoms with E-state index < -0.39 is 48.5 Å². The highest BCUT2D eigenvalue weighted by molar-refractivity contribution is 5.84. The second kappa shape index (κ2) is 16.0. The summed E-state index contributed by atoms with van der Waals surface area (Å²) in [5, 5.41) is 33.6. The second-order valence-corrected chi connectivity index (χ2v) is 12.1. The van der Waals surface area contributed by atoms with Gasteiger partial charge < -0.3 is 24.8 Å². The molecule has 6 heteroatoms. The molecule has 0 saturated heterocycles. The molecule has 0 heterocycles. The molecule has 3 atom stereocenters. The molecule has 0 aromatic heterocycles. The molecule has 0 spiro atoms. The number of carbonyl (C=O) groups excluding carboxylic acids is 1. The first-order valence-electron chi connectivity index (χ1n) is 16.6. The maximum absolute atomic E-state index is 13.6. The molecule has 6 aromatic carbocycles. The molecule has 252 valence electrons. The van der Waals surface area contributed by atoms with Crippen molar-refractivity contribution in [3.63, 3.8) is 0 Å². The number of carbonyl (C=O) groups is 1. The van der Waals surface area contributed by atoms with Crippen LogP contribution >= 0.6 is 0 Å². The van der Waals surface area contributed by atoms with Crippen molar-refractivity contribution in [2.75, 3.05) is 13.2 Å². The average Bonchev–Trinajstić information content (AvgIpc) is 3.20. The van der Waals surface area contributed by atoms with Crippen LogP contribution in [-0.2, 0) is 25.5 Å². The van der Waals surface area contributed by atoms with Gasteiger partial charge in [-0.3, -0.25) is 4.79 Å². The summed E-state index contributed by atoms with van der Waals surface area (Å²) in [6, 6.07) is 57.5. The number of ether oxygens (including phenoxy) is 2. The van der Waals surface area contributed by atoms with E-state index in [9.17, 15) is 20.1 Å². The first-order valence-corrected chi connectivity index (χ1v) is 16.6. The number of ketones is 1. The topological polar surface area (TPSA) is 96.2 Å². The number of benzene rings is 6. The Morgan fingerprint density at radius 3 is 0.980 bits per heavy atom. The summed E-state index contributed by atoms with van der Waals surface area (Å²) >= 11 is 0. The van der Waals surface area contributed by atoms with Crippen molar-refractivity contribution in [3.8, 4) is 0 Å². The summed E-state index contributed by atoms with van der Waals surface area (Å²) in [5.74, 6) is -0.788. The zero-order valence-electron chi connectivity index (χ0n) is 27.5. The van der Waals surface area contributed by atoms with Crippen LogP contribution in [0.5, 0.6) is 0 Å². The average molecular weight is 665 g/mol. The molecule has 50 heavy (non-hydrogen) atoms. The van der Waals surface area contributed by atoms with Gasteiger partial charge in [-0.2, -0.15) is 0 Å². The summed E-state index contributed by atoms with van der Waals surface area (Å²) in [6.45, 7) is -0.945. The smallest absolute Gasteiger partial charge is 0.189 e. The predicted octanol–water partition coefficient (Wildman–Crippen LogP) is 6.66. The second-order valence-electron chi connectivity index (χ2n) is 12.1. The van der Waals surface area contributed by atoms with Crippen LogP contribution in [0.25, 0.3) is 0 Å². The van der Waals surface area contributed by atoms with Crippen molar-refractivity contribution in [3.05, 3.63) is 215 Å². The van der Waals surface area contributed by atoms with Gasteiger partial charge >= 0.3 is 0 Å². The molecule has 6 nitrogen and oxygen atoms in total. The summed E-state index contributed by atoms with van der Waals surface area (Å²) < 4.78 is 13.2. The number of hydrogen-bond donors (Lipinski definition) is 3. The molecule has 0 unspecified atom stereocenters. The van der Waals surface area contributed by atoms with Crippen molar-refractivity contribution in [2.45, 2.75) is 29.5 Å². The Morgan fingerprint density at radius 2 is 0.700 bits per heavy atom. The van der Waals surface area contributed by atoms with Crippen molar-refractivity contribution < 1.29 is 29.6 Å². The van der Waals surface area contributed by atoms with Gasteiger partial charge in [-0.25, -0.2) is 0 Å². The molecular weight excluding hydrogens is 624 g/mol. The third-order valence-electron chi connectivity index (χ3n) is 9.03. The standard InChI is InChI=1S/C44H40O6/c45-39(31-49-43(33-19-7-1-8-20-33,34-21-9-2-10-22-34)35-23-11-3-12-24-35)41(47)42(48)40(46)32-50-44(36-25-13-4-14-26-36,37-27-15-5-16-28-37)38-29-17-6-18-30-38/h1-30,39,41-42,45,47-48H,31-32H2/t39-,41-,42-/m1/s1. The molecule has 6 aromatic rings. The summed E-state index contributed by atoms with van der Waals surface area (Å²) in [7, 11) is 0. The van der Waals surface area contributed by atoms with Crippen molar-refractivity contribution in [2.24, 2.45) is 0 Å². The highest BCUT2D eigenvalue weighted by atomic mass is 16.5. The Labute approximate surface area is 292 Å². The number of aliphatic hydroxyl groups is 3. The lowest BCUT2D eigenvalue weighted by Crippen LogP contribution is -2.48. The Hall–Kier alpha value is -5.21. The quantitative estimate of drug-likeness (QED) is 0.106. The minimum absolute atomic E-state index is 0.396. The van der Waals surface area contributed by atoms with Crippen LogP contribution < -0.4 is 0 Å². The molecule has 0 saturated carbocycles. The minimum atomic E-state index is -1.95. The number of rotatable bonds is 15. The third kappa shape index (κ3) is 7.07. The largest absolute Gasteiger partial charge is 0.388 e. The lowest BCUT2D eigenvalue weighted by Gasteiger charge is -2.37. The van der Waals surface area contributed by atoms with E-state index in [1.807, 2.05) is 182 Å². The van der Waals surface area contributed by atoms with Gasteiger partial charge in [0.25, 0.3) is 0 Å². The molecule has 0 radical (unpaired) electrons. The van der Waals surface area contributed by atoms with E-state index in [0.29, 0.717) is 0 Å². The van der Waals surface area contributed by atoms with E-state index >= 15 is 0 Å². The number of Topliss-reactive ketones (excluding diaryl/α,β-unsaturated/α-hetero) is 1. The molecule has 3 N–H and O–H groups in total. The first-order chi connectivity index (χ1) is 24.5. The van der Waals surface area contributed by atoms with E-state index in [0.717, 1.165) is 33.4 Å². The highest BCUT2D eigenvalue weighted by Gasteiger charge is 2.42. The normalized spacial score (nSPS) is 13.7. The minimum Gasteiger partial charge on any atom is -0.388 e. The fourth-order valence-corrected chi connectivity index (χ4v) is 6.51. The van der Waals surface area contributed by atoms with Crippen LogP contribution in [-0.4, -0.2) is 52.6 Å².